The second kappa shape index (κ2) is 9.57. The summed E-state index contributed by atoms with van der Waals surface area (Å²) in [5.41, 5.74) is 3.14. The van der Waals surface area contributed by atoms with Crippen LogP contribution in [0.5, 0.6) is 0 Å². The van der Waals surface area contributed by atoms with E-state index in [0.717, 1.165) is 50.4 Å². The van der Waals surface area contributed by atoms with Gasteiger partial charge in [0.05, 0.1) is 17.3 Å². The molecule has 4 fully saturated rings. The van der Waals surface area contributed by atoms with E-state index < -0.39 is 6.17 Å². The Morgan fingerprint density at radius 3 is 2.46 bits per heavy atom. The van der Waals surface area contributed by atoms with Crippen molar-refractivity contribution in [3.8, 4) is 0 Å². The highest BCUT2D eigenvalue weighted by Gasteiger charge is 2.45. The van der Waals surface area contributed by atoms with Gasteiger partial charge in [0, 0.05) is 50.7 Å². The van der Waals surface area contributed by atoms with Crippen LogP contribution >= 0.6 is 0 Å². The Morgan fingerprint density at radius 2 is 1.84 bits per heavy atom. The molecule has 2 aliphatic heterocycles. The van der Waals surface area contributed by atoms with Gasteiger partial charge in [0.1, 0.15) is 6.17 Å². The molecule has 2 atom stereocenters. The lowest BCUT2D eigenvalue weighted by Crippen LogP contribution is -2.49. The molecule has 4 aliphatic rings. The van der Waals surface area contributed by atoms with E-state index in [4.69, 9.17) is 4.52 Å². The van der Waals surface area contributed by atoms with Gasteiger partial charge in [-0.1, -0.05) is 24.2 Å². The number of urea groups is 1. The minimum atomic E-state index is -0.853. The molecule has 0 unspecified atom stereocenters. The van der Waals surface area contributed by atoms with E-state index in [1.54, 1.807) is 0 Å². The molecule has 2 saturated heterocycles. The monoisotopic (exact) mass is 510 g/mol. The number of alkyl halides is 1. The summed E-state index contributed by atoms with van der Waals surface area (Å²) < 4.78 is 18.8. The number of amides is 2. The van der Waals surface area contributed by atoms with Gasteiger partial charge >= 0.3 is 6.03 Å². The van der Waals surface area contributed by atoms with Crippen molar-refractivity contribution in [3.05, 3.63) is 35.5 Å². The molecule has 8 nitrogen and oxygen atoms in total. The van der Waals surface area contributed by atoms with Gasteiger partial charge in [-0.05, 0) is 63.5 Å². The highest BCUT2D eigenvalue weighted by atomic mass is 19.1. The Balaban J connectivity index is 1.13. The molecule has 9 heteroatoms. The number of benzene rings is 1. The van der Waals surface area contributed by atoms with Crippen molar-refractivity contribution in [1.82, 2.24) is 19.9 Å². The largest absolute Gasteiger partial charge is 0.367 e. The van der Waals surface area contributed by atoms with Crippen LogP contribution < -0.4 is 10.2 Å². The Bertz CT molecular complexity index is 1130. The van der Waals surface area contributed by atoms with Gasteiger partial charge in [-0.2, -0.15) is 4.98 Å². The molecule has 0 radical (unpaired) electrons. The van der Waals surface area contributed by atoms with Crippen LogP contribution in [0.25, 0.3) is 0 Å². The van der Waals surface area contributed by atoms with Crippen LogP contribution in [0, 0.1) is 0 Å². The van der Waals surface area contributed by atoms with Crippen molar-refractivity contribution >= 4 is 17.4 Å². The number of piperidine rings is 1. The first kappa shape index (κ1) is 24.6. The average Bonchev–Trinajstić information content (AvgIpc) is 3.82. The van der Waals surface area contributed by atoms with Gasteiger partial charge < -0.3 is 19.6 Å². The fourth-order valence-electron chi connectivity index (χ4n) is 5.83. The maximum absolute atomic E-state index is 13.5. The summed E-state index contributed by atoms with van der Waals surface area (Å²) in [6.07, 6.45) is 3.49. The first-order chi connectivity index (χ1) is 17.8. The zero-order chi connectivity index (χ0) is 25.7. The van der Waals surface area contributed by atoms with E-state index in [1.807, 2.05) is 4.90 Å². The molecule has 2 saturated carbocycles. The Hall–Kier alpha value is -2.68. The molecule has 0 spiro atoms. The number of hydrogen-bond donors (Lipinski definition) is 1. The Morgan fingerprint density at radius 1 is 1.14 bits per heavy atom. The summed E-state index contributed by atoms with van der Waals surface area (Å²) >= 11 is 0. The molecule has 200 valence electrons. The summed E-state index contributed by atoms with van der Waals surface area (Å²) in [6, 6.07) is 7.01. The summed E-state index contributed by atoms with van der Waals surface area (Å²) in [6.45, 7) is 11.9. The zero-order valence-corrected chi connectivity index (χ0v) is 22.3. The van der Waals surface area contributed by atoms with Gasteiger partial charge in [0.2, 0.25) is 5.89 Å². The highest BCUT2D eigenvalue weighted by Crippen LogP contribution is 2.47. The van der Waals surface area contributed by atoms with Crippen LogP contribution in [0.15, 0.2) is 22.7 Å². The summed E-state index contributed by atoms with van der Waals surface area (Å²) in [5.74, 6) is 1.37. The lowest BCUT2D eigenvalue weighted by Gasteiger charge is -2.40. The van der Waals surface area contributed by atoms with E-state index in [1.165, 1.54) is 18.4 Å². The number of carbonyl (C=O) groups excluding carboxylic acids is 1. The van der Waals surface area contributed by atoms with Gasteiger partial charge in [-0.3, -0.25) is 4.90 Å². The number of nitrogens with one attached hydrogen (secondary N) is 1. The van der Waals surface area contributed by atoms with Crippen LogP contribution in [-0.4, -0.2) is 77.5 Å². The van der Waals surface area contributed by atoms with Crippen molar-refractivity contribution in [2.45, 2.75) is 82.3 Å². The molecule has 2 aliphatic carbocycles. The number of hydrogen-bond acceptors (Lipinski definition) is 6. The number of para-hydroxylation sites is 1. The minimum absolute atomic E-state index is 0.0377. The maximum atomic E-state index is 13.5. The molecule has 2 aromatic rings. The Kier molecular flexibility index (Phi) is 6.37. The van der Waals surface area contributed by atoms with Crippen molar-refractivity contribution in [3.63, 3.8) is 0 Å². The number of anilines is 2. The number of carbonyl (C=O) groups is 1. The van der Waals surface area contributed by atoms with Crippen molar-refractivity contribution in [2.75, 3.05) is 49.5 Å². The van der Waals surface area contributed by atoms with Crippen molar-refractivity contribution in [2.24, 2.45) is 0 Å². The van der Waals surface area contributed by atoms with Crippen molar-refractivity contribution < 1.29 is 13.7 Å². The third-order valence-electron chi connectivity index (χ3n) is 8.87. The molecule has 0 bridgehead atoms. The first-order valence-electron chi connectivity index (χ1n) is 14.0. The second-order valence-corrected chi connectivity index (χ2v) is 11.9. The maximum Gasteiger partial charge on any atom is 0.321 e. The van der Waals surface area contributed by atoms with E-state index in [-0.39, 0.29) is 17.4 Å². The predicted octanol–water partition coefficient (Wildman–Crippen LogP) is 4.89. The van der Waals surface area contributed by atoms with E-state index >= 15 is 0 Å². The number of piperazine rings is 1. The van der Waals surface area contributed by atoms with E-state index in [0.29, 0.717) is 43.2 Å². The lowest BCUT2D eigenvalue weighted by molar-refractivity contribution is 0.169. The second-order valence-electron chi connectivity index (χ2n) is 11.9. The van der Waals surface area contributed by atoms with Crippen LogP contribution in [0.4, 0.5) is 20.6 Å². The van der Waals surface area contributed by atoms with Gasteiger partial charge in [-0.25, -0.2) is 9.18 Å². The molecule has 37 heavy (non-hydrogen) atoms. The van der Waals surface area contributed by atoms with Gasteiger partial charge in [-0.15, -0.1) is 0 Å². The third kappa shape index (κ3) is 4.94. The van der Waals surface area contributed by atoms with Crippen molar-refractivity contribution in [1.29, 1.82) is 0 Å². The molecular weight excluding hydrogens is 471 g/mol. The SMILES string of the molecule is CC(C)N1CCN(c2cccc(C3CC3)c2NC(=O)N2CCC(C)(c3noc([C@@H]4C[C@@H]4F)n3)CC2)CC1. The fraction of sp³-hybridized carbons (Fsp3) is 0.679. The fourth-order valence-corrected chi connectivity index (χ4v) is 5.83. The average molecular weight is 511 g/mol. The summed E-state index contributed by atoms with van der Waals surface area (Å²) in [4.78, 5) is 24.9. The predicted molar refractivity (Wildman–Crippen MR) is 141 cm³/mol. The first-order valence-corrected chi connectivity index (χ1v) is 14.0. The van der Waals surface area contributed by atoms with Crippen LogP contribution in [0.2, 0.25) is 0 Å². The third-order valence-corrected chi connectivity index (χ3v) is 8.87. The molecule has 1 aromatic carbocycles. The number of likely N-dealkylation sites (tertiary alicyclic amines) is 1. The Labute approximate surface area is 218 Å². The van der Waals surface area contributed by atoms with Gasteiger partial charge in [0.15, 0.2) is 5.82 Å². The quantitative estimate of drug-likeness (QED) is 0.596. The number of rotatable bonds is 6. The smallest absolute Gasteiger partial charge is 0.321 e. The van der Waals surface area contributed by atoms with Crippen LogP contribution in [0.1, 0.15) is 82.0 Å². The minimum Gasteiger partial charge on any atom is -0.367 e. The van der Waals surface area contributed by atoms with E-state index in [9.17, 15) is 9.18 Å². The number of halogens is 1. The molecule has 2 amide bonds. The standard InChI is InChI=1S/C28H39FN6O2/c1-18(2)33-13-15-34(16-14-33)23-6-4-5-20(19-7-8-19)24(23)30-27(36)35-11-9-28(3,10-12-35)26-31-25(37-32-26)21-17-22(21)29/h4-6,18-19,21-22H,7-17H2,1-3H3,(H,30,36)/t21-,22+/m1/s1. The lowest BCUT2D eigenvalue weighted by atomic mass is 9.80. The molecule has 1 N–H and O–H groups in total. The number of nitrogens with zero attached hydrogens (tertiary/aromatic N) is 5. The molecule has 1 aromatic heterocycles. The number of aromatic nitrogens is 2. The zero-order valence-electron chi connectivity index (χ0n) is 22.3. The summed E-state index contributed by atoms with van der Waals surface area (Å²) in [5, 5.41) is 7.52. The highest BCUT2D eigenvalue weighted by molar-refractivity contribution is 5.95. The molecule has 6 rings (SSSR count). The van der Waals surface area contributed by atoms with Crippen LogP contribution in [-0.2, 0) is 5.41 Å². The van der Waals surface area contributed by atoms with E-state index in [2.05, 4.69) is 64.2 Å². The van der Waals surface area contributed by atoms with Gasteiger partial charge in [0.25, 0.3) is 0 Å². The topological polar surface area (TPSA) is 77.7 Å². The normalized spacial score (nSPS) is 26.0. The molecule has 3 heterocycles. The van der Waals surface area contributed by atoms with Crippen LogP contribution in [0.3, 0.4) is 0 Å². The summed E-state index contributed by atoms with van der Waals surface area (Å²) in [7, 11) is 0. The molecular formula is C28H39FN6O2.